The lowest BCUT2D eigenvalue weighted by Crippen LogP contribution is -2.49. The zero-order valence-electron chi connectivity index (χ0n) is 18.1. The first-order valence-corrected chi connectivity index (χ1v) is 12.6. The van der Waals surface area contributed by atoms with Crippen molar-refractivity contribution in [3.63, 3.8) is 0 Å². The molecule has 1 aliphatic heterocycles. The van der Waals surface area contributed by atoms with Crippen LogP contribution in [0.1, 0.15) is 24.5 Å². The van der Waals surface area contributed by atoms with E-state index in [1.165, 1.54) is 21.1 Å². The van der Waals surface area contributed by atoms with Crippen molar-refractivity contribution in [2.45, 2.75) is 25.4 Å². The topological polar surface area (TPSA) is 80.8 Å². The second-order valence-electron chi connectivity index (χ2n) is 7.80. The predicted octanol–water partition coefficient (Wildman–Crippen LogP) is 3.59. The standard InChI is InChI=1S/C22H25FN4O4S2/c1-17(30-20-10-6-5-9-19(20)23)21-24-27(22(32)31-21)16-25-11-13-26(14-12-25)33(28,29)15-18-7-3-2-4-8-18/h2-10,17H,11-16H2,1H3. The highest BCUT2D eigenvalue weighted by Crippen LogP contribution is 2.23. The molecule has 11 heteroatoms. The van der Waals surface area contributed by atoms with Crippen LogP contribution in [0.2, 0.25) is 0 Å². The SMILES string of the molecule is CC(Oc1ccccc1F)c1nn(CN2CCN(S(=O)(=O)Cc3ccccc3)CC2)c(=S)o1. The molecule has 0 bridgehead atoms. The minimum absolute atomic E-state index is 0.00849. The summed E-state index contributed by atoms with van der Waals surface area (Å²) in [5, 5.41) is 4.38. The first-order valence-electron chi connectivity index (χ1n) is 10.5. The molecular weight excluding hydrogens is 467 g/mol. The molecular formula is C22H25FN4O4S2. The van der Waals surface area contributed by atoms with Gasteiger partial charge in [-0.1, -0.05) is 42.5 Å². The van der Waals surface area contributed by atoms with E-state index in [4.69, 9.17) is 21.4 Å². The van der Waals surface area contributed by atoms with Gasteiger partial charge in [0.2, 0.25) is 10.0 Å². The summed E-state index contributed by atoms with van der Waals surface area (Å²) in [6, 6.07) is 15.3. The second-order valence-corrected chi connectivity index (χ2v) is 10.1. The van der Waals surface area contributed by atoms with Gasteiger partial charge in [-0.2, -0.15) is 4.31 Å². The predicted molar refractivity (Wildman–Crippen MR) is 123 cm³/mol. The van der Waals surface area contributed by atoms with E-state index in [-0.39, 0.29) is 22.2 Å². The van der Waals surface area contributed by atoms with Gasteiger partial charge in [-0.25, -0.2) is 17.5 Å². The number of benzene rings is 2. The largest absolute Gasteiger partial charge is 0.478 e. The Kier molecular flexibility index (Phi) is 7.23. The van der Waals surface area contributed by atoms with Crippen LogP contribution in [0.25, 0.3) is 0 Å². The molecule has 176 valence electrons. The van der Waals surface area contributed by atoms with Crippen LogP contribution in [-0.4, -0.2) is 53.6 Å². The molecule has 33 heavy (non-hydrogen) atoms. The molecule has 0 radical (unpaired) electrons. The third-order valence-electron chi connectivity index (χ3n) is 5.36. The number of sulfonamides is 1. The summed E-state index contributed by atoms with van der Waals surface area (Å²) in [5.74, 6) is -0.130. The highest BCUT2D eigenvalue weighted by atomic mass is 32.2. The summed E-state index contributed by atoms with van der Waals surface area (Å²) in [7, 11) is -3.38. The monoisotopic (exact) mass is 492 g/mol. The van der Waals surface area contributed by atoms with Crippen molar-refractivity contribution in [2.24, 2.45) is 0 Å². The molecule has 1 unspecified atom stereocenters. The van der Waals surface area contributed by atoms with Gasteiger partial charge in [0.05, 0.1) is 12.4 Å². The van der Waals surface area contributed by atoms with Gasteiger partial charge < -0.3 is 9.15 Å². The maximum absolute atomic E-state index is 13.8. The molecule has 3 aromatic rings. The van der Waals surface area contributed by atoms with Gasteiger partial charge in [-0.15, -0.1) is 5.10 Å². The number of piperazine rings is 1. The molecule has 0 aliphatic carbocycles. The van der Waals surface area contributed by atoms with Crippen LogP contribution in [-0.2, 0) is 22.4 Å². The van der Waals surface area contributed by atoms with Gasteiger partial charge in [-0.05, 0) is 36.8 Å². The van der Waals surface area contributed by atoms with E-state index in [2.05, 4.69) is 10.00 Å². The number of rotatable bonds is 8. The van der Waals surface area contributed by atoms with Gasteiger partial charge in [-0.3, -0.25) is 4.90 Å². The average molecular weight is 493 g/mol. The number of hydrogen-bond donors (Lipinski definition) is 0. The zero-order chi connectivity index (χ0) is 23.4. The van der Waals surface area contributed by atoms with Crippen molar-refractivity contribution in [3.05, 3.63) is 76.7 Å². The number of nitrogens with zero attached hydrogens (tertiary/aromatic N) is 4. The minimum atomic E-state index is -3.38. The highest BCUT2D eigenvalue weighted by Gasteiger charge is 2.28. The van der Waals surface area contributed by atoms with Crippen LogP contribution in [0.4, 0.5) is 4.39 Å². The maximum atomic E-state index is 13.8. The van der Waals surface area contributed by atoms with E-state index >= 15 is 0 Å². The van der Waals surface area contributed by atoms with E-state index in [1.807, 2.05) is 30.3 Å². The fourth-order valence-electron chi connectivity index (χ4n) is 3.57. The van der Waals surface area contributed by atoms with Crippen molar-refractivity contribution in [1.29, 1.82) is 0 Å². The van der Waals surface area contributed by atoms with Crippen LogP contribution in [0.3, 0.4) is 0 Å². The summed E-state index contributed by atoms with van der Waals surface area (Å²) in [6.07, 6.45) is -0.634. The molecule has 1 aromatic heterocycles. The molecule has 1 atom stereocenters. The lowest BCUT2D eigenvalue weighted by molar-refractivity contribution is 0.143. The minimum Gasteiger partial charge on any atom is -0.478 e. The molecule has 2 heterocycles. The number of halogens is 1. The number of ether oxygens (including phenoxy) is 1. The Bertz CT molecular complexity index is 1240. The Labute approximate surface area is 197 Å². The fraction of sp³-hybridized carbons (Fsp3) is 0.364. The number of hydrogen-bond acceptors (Lipinski definition) is 7. The van der Waals surface area contributed by atoms with Crippen LogP contribution >= 0.6 is 12.2 Å². The second kappa shape index (κ2) is 10.1. The lowest BCUT2D eigenvalue weighted by atomic mass is 10.2. The maximum Gasteiger partial charge on any atom is 0.288 e. The van der Waals surface area contributed by atoms with Crippen molar-refractivity contribution in [2.75, 3.05) is 26.2 Å². The molecule has 1 aliphatic rings. The summed E-state index contributed by atoms with van der Waals surface area (Å²) in [6.45, 7) is 3.92. The third kappa shape index (κ3) is 5.85. The summed E-state index contributed by atoms with van der Waals surface area (Å²) < 4.78 is 53.5. The molecule has 8 nitrogen and oxygen atoms in total. The van der Waals surface area contributed by atoms with Gasteiger partial charge in [0.1, 0.15) is 0 Å². The lowest BCUT2D eigenvalue weighted by Gasteiger charge is -2.33. The Hall–Kier alpha value is -2.60. The summed E-state index contributed by atoms with van der Waals surface area (Å²) >= 11 is 5.28. The molecule has 2 aromatic carbocycles. The van der Waals surface area contributed by atoms with E-state index in [0.717, 1.165) is 5.56 Å². The van der Waals surface area contributed by atoms with Gasteiger partial charge in [0.15, 0.2) is 17.7 Å². The quantitative estimate of drug-likeness (QED) is 0.445. The summed E-state index contributed by atoms with van der Waals surface area (Å²) in [4.78, 5) is 2.23. The Morgan fingerprint density at radius 3 is 2.45 bits per heavy atom. The van der Waals surface area contributed by atoms with Gasteiger partial charge in [0.25, 0.3) is 10.7 Å². The van der Waals surface area contributed by atoms with E-state index in [9.17, 15) is 12.8 Å². The summed E-state index contributed by atoms with van der Waals surface area (Å²) in [5.41, 5.74) is 0.771. The van der Waals surface area contributed by atoms with E-state index in [0.29, 0.717) is 32.8 Å². The average Bonchev–Trinajstić information content (AvgIpc) is 3.16. The first kappa shape index (κ1) is 23.6. The Balaban J connectivity index is 1.34. The van der Waals surface area contributed by atoms with Crippen molar-refractivity contribution >= 4 is 22.2 Å². The van der Waals surface area contributed by atoms with E-state index in [1.54, 1.807) is 19.1 Å². The smallest absolute Gasteiger partial charge is 0.288 e. The molecule has 1 saturated heterocycles. The molecule has 0 N–H and O–H groups in total. The molecule has 0 amide bonds. The van der Waals surface area contributed by atoms with Crippen LogP contribution in [0.15, 0.2) is 59.0 Å². The van der Waals surface area contributed by atoms with Crippen LogP contribution in [0.5, 0.6) is 5.75 Å². The van der Waals surface area contributed by atoms with Gasteiger partial charge >= 0.3 is 0 Å². The zero-order valence-corrected chi connectivity index (χ0v) is 19.8. The Morgan fingerprint density at radius 1 is 1.09 bits per heavy atom. The van der Waals surface area contributed by atoms with E-state index < -0.39 is 21.9 Å². The first-order chi connectivity index (χ1) is 15.8. The van der Waals surface area contributed by atoms with Gasteiger partial charge in [0, 0.05) is 26.2 Å². The number of aromatic nitrogens is 2. The molecule has 4 rings (SSSR count). The van der Waals surface area contributed by atoms with Crippen LogP contribution < -0.4 is 4.74 Å². The molecule has 1 fully saturated rings. The number of para-hydroxylation sites is 1. The highest BCUT2D eigenvalue weighted by molar-refractivity contribution is 7.88. The van der Waals surface area contributed by atoms with Crippen molar-refractivity contribution in [1.82, 2.24) is 19.0 Å². The normalized spacial score (nSPS) is 16.5. The van der Waals surface area contributed by atoms with Crippen LogP contribution in [0, 0.1) is 10.7 Å². The third-order valence-corrected chi connectivity index (χ3v) is 7.50. The molecule has 0 spiro atoms. The Morgan fingerprint density at radius 2 is 1.76 bits per heavy atom. The fourth-order valence-corrected chi connectivity index (χ4v) is 5.27. The van der Waals surface area contributed by atoms with Crippen molar-refractivity contribution in [3.8, 4) is 5.75 Å². The van der Waals surface area contributed by atoms with Crippen molar-refractivity contribution < 1.29 is 22.0 Å². The molecule has 0 saturated carbocycles.